The number of amides is 5. The zero-order valence-corrected chi connectivity index (χ0v) is 31.6. The van der Waals surface area contributed by atoms with Crippen molar-refractivity contribution in [1.82, 2.24) is 20.9 Å². The van der Waals surface area contributed by atoms with Crippen molar-refractivity contribution in [3.8, 4) is 0 Å². The van der Waals surface area contributed by atoms with Gasteiger partial charge in [0.15, 0.2) is 17.9 Å². The van der Waals surface area contributed by atoms with Crippen LogP contribution in [0.15, 0.2) is 69.7 Å². The number of nitrogens with one attached hydrogen (secondary N) is 5. The number of anilines is 1. The number of hydrogen-bond donors (Lipinski definition) is 13. The zero-order valence-electron chi connectivity index (χ0n) is 31.6. The summed E-state index contributed by atoms with van der Waals surface area (Å²) in [5, 5.41) is 11.7. The Morgan fingerprint density at radius 1 is 0.632 bits per heavy atom. The molecule has 0 spiro atoms. The van der Waals surface area contributed by atoms with Crippen LogP contribution >= 0.6 is 0 Å². The minimum atomic E-state index is -1.14. The Kier molecular flexibility index (Phi) is 17.5. The van der Waals surface area contributed by atoms with Crippen molar-refractivity contribution in [3.05, 3.63) is 65.9 Å². The highest BCUT2D eigenvalue weighted by Crippen LogP contribution is 2.19. The van der Waals surface area contributed by atoms with Crippen LogP contribution in [-0.4, -0.2) is 96.2 Å². The summed E-state index contributed by atoms with van der Waals surface area (Å²) in [7, 11) is 0. The molecule has 21 heteroatoms. The van der Waals surface area contributed by atoms with E-state index in [4.69, 9.17) is 45.9 Å². The molecule has 0 aliphatic heterocycles. The van der Waals surface area contributed by atoms with Gasteiger partial charge in [-0.15, -0.1) is 0 Å². The van der Waals surface area contributed by atoms with E-state index in [-0.39, 0.29) is 74.4 Å². The van der Waals surface area contributed by atoms with Crippen molar-refractivity contribution in [3.63, 3.8) is 0 Å². The lowest BCUT2D eigenvalue weighted by molar-refractivity contribution is -0.128. The van der Waals surface area contributed by atoms with E-state index in [1.807, 2.05) is 24.3 Å². The van der Waals surface area contributed by atoms with Gasteiger partial charge in [-0.05, 0) is 74.8 Å². The number of guanidine groups is 3. The average molecular weight is 791 g/mol. The lowest BCUT2D eigenvalue weighted by Gasteiger charge is -2.22. The molecule has 0 aliphatic rings. The van der Waals surface area contributed by atoms with Gasteiger partial charge in [-0.3, -0.25) is 38.9 Å². The molecular weight excluding hydrogens is 737 g/mol. The SMILES string of the molecule is NC(=O)C(CCCN=C(N)N)NC(=O)C(CCCN=C(N)N)NC(=O)c1cccc(NC(=O)C(CCCN=C(N)N)NC(=O)C(N)Cc2c[nH]c3ccccc23)c1. The Morgan fingerprint density at radius 3 is 1.75 bits per heavy atom. The van der Waals surface area contributed by atoms with Gasteiger partial charge in [-0.25, -0.2) is 0 Å². The second-order valence-corrected chi connectivity index (χ2v) is 13.1. The van der Waals surface area contributed by atoms with Crippen molar-refractivity contribution < 1.29 is 24.0 Å². The van der Waals surface area contributed by atoms with Crippen LogP contribution in [0.4, 0.5) is 5.69 Å². The lowest BCUT2D eigenvalue weighted by Crippen LogP contribution is -2.53. The second kappa shape index (κ2) is 22.5. The van der Waals surface area contributed by atoms with E-state index in [0.29, 0.717) is 19.3 Å². The Labute approximate surface area is 329 Å². The Hall–Kier alpha value is -6.90. The highest BCUT2D eigenvalue weighted by molar-refractivity contribution is 6.01. The molecule has 5 amide bonds. The molecule has 1 aromatic heterocycles. The van der Waals surface area contributed by atoms with Crippen molar-refractivity contribution in [1.29, 1.82) is 0 Å². The first kappa shape index (κ1) is 44.5. The number of aromatic amines is 1. The van der Waals surface area contributed by atoms with E-state index < -0.39 is 53.7 Å². The summed E-state index contributed by atoms with van der Waals surface area (Å²) in [6, 6.07) is 9.34. The van der Waals surface area contributed by atoms with Crippen molar-refractivity contribution in [2.24, 2.45) is 60.8 Å². The number of carbonyl (C=O) groups excluding carboxylic acids is 5. The molecule has 308 valence electrons. The van der Waals surface area contributed by atoms with Gasteiger partial charge in [0.1, 0.15) is 18.1 Å². The van der Waals surface area contributed by atoms with Crippen LogP contribution in [-0.2, 0) is 25.6 Å². The number of benzene rings is 2. The van der Waals surface area contributed by atoms with Crippen LogP contribution in [0.2, 0.25) is 0 Å². The molecule has 0 saturated carbocycles. The number of hydrogen-bond acceptors (Lipinski definition) is 9. The van der Waals surface area contributed by atoms with Gasteiger partial charge in [-0.1, -0.05) is 24.3 Å². The number of aliphatic imine (C=N–C) groups is 3. The summed E-state index contributed by atoms with van der Waals surface area (Å²) in [5.74, 6) is -3.64. The largest absolute Gasteiger partial charge is 0.370 e. The summed E-state index contributed by atoms with van der Waals surface area (Å²) >= 11 is 0. The fourth-order valence-electron chi connectivity index (χ4n) is 5.72. The molecule has 0 fully saturated rings. The third-order valence-corrected chi connectivity index (χ3v) is 8.59. The van der Waals surface area contributed by atoms with Crippen LogP contribution in [0.5, 0.6) is 0 Å². The highest BCUT2D eigenvalue weighted by Gasteiger charge is 2.27. The molecule has 3 rings (SSSR count). The third kappa shape index (κ3) is 15.4. The molecular formula is C36H54N16O5. The summed E-state index contributed by atoms with van der Waals surface area (Å²) in [4.78, 5) is 80.9. The van der Waals surface area contributed by atoms with Gasteiger partial charge >= 0.3 is 0 Å². The topological polar surface area (TPSA) is 394 Å². The van der Waals surface area contributed by atoms with Crippen molar-refractivity contribution >= 4 is 64.0 Å². The molecule has 0 aliphatic carbocycles. The van der Waals surface area contributed by atoms with Crippen LogP contribution in [0.3, 0.4) is 0 Å². The van der Waals surface area contributed by atoms with E-state index in [1.165, 1.54) is 18.2 Å². The lowest BCUT2D eigenvalue weighted by atomic mass is 10.0. The summed E-state index contributed by atoms with van der Waals surface area (Å²) in [6.45, 7) is 0.578. The maximum atomic E-state index is 13.6. The molecule has 21 nitrogen and oxygen atoms in total. The van der Waals surface area contributed by atoms with Crippen molar-refractivity contribution in [2.75, 3.05) is 25.0 Å². The van der Waals surface area contributed by atoms with Crippen molar-refractivity contribution in [2.45, 2.75) is 69.1 Å². The predicted molar refractivity (Wildman–Crippen MR) is 219 cm³/mol. The zero-order chi connectivity index (χ0) is 41.9. The van der Waals surface area contributed by atoms with Gasteiger partial charge in [-0.2, -0.15) is 0 Å². The van der Waals surface area contributed by atoms with Crippen LogP contribution in [0.1, 0.15) is 54.4 Å². The molecule has 4 unspecified atom stereocenters. The van der Waals surface area contributed by atoms with Crippen LogP contribution in [0.25, 0.3) is 10.9 Å². The number of para-hydroxylation sites is 1. The van der Waals surface area contributed by atoms with Crippen LogP contribution < -0.4 is 67.1 Å². The summed E-state index contributed by atoms with van der Waals surface area (Å²) < 4.78 is 0. The number of nitrogens with two attached hydrogens (primary N) is 8. The quantitative estimate of drug-likeness (QED) is 0.0267. The van der Waals surface area contributed by atoms with E-state index in [0.717, 1.165) is 16.5 Å². The normalized spacial score (nSPS) is 12.9. The average Bonchev–Trinajstić information content (AvgIpc) is 3.57. The number of rotatable bonds is 23. The monoisotopic (exact) mass is 790 g/mol. The van der Waals surface area contributed by atoms with E-state index in [1.54, 1.807) is 12.3 Å². The molecule has 0 saturated heterocycles. The molecule has 0 bridgehead atoms. The molecule has 3 aromatic rings. The van der Waals surface area contributed by atoms with Gasteiger partial charge in [0, 0.05) is 48.0 Å². The molecule has 4 atom stereocenters. The Bertz CT molecular complexity index is 1930. The minimum absolute atomic E-state index is 0.0904. The molecule has 57 heavy (non-hydrogen) atoms. The number of H-pyrrole nitrogens is 1. The number of carbonyl (C=O) groups is 5. The number of nitrogens with zero attached hydrogens (tertiary/aromatic N) is 3. The maximum absolute atomic E-state index is 13.6. The first-order valence-electron chi connectivity index (χ1n) is 18.2. The molecule has 1 heterocycles. The fraction of sp³-hybridized carbons (Fsp3) is 0.389. The smallest absolute Gasteiger partial charge is 0.252 e. The van der Waals surface area contributed by atoms with E-state index in [2.05, 4.69) is 41.2 Å². The fourth-order valence-corrected chi connectivity index (χ4v) is 5.72. The van der Waals surface area contributed by atoms with Gasteiger partial charge < -0.3 is 72.1 Å². The summed E-state index contributed by atoms with van der Waals surface area (Å²) in [6.07, 6.45) is 3.36. The highest BCUT2D eigenvalue weighted by atomic mass is 16.2. The number of fused-ring (bicyclic) bond motifs is 1. The third-order valence-electron chi connectivity index (χ3n) is 8.59. The molecule has 0 radical (unpaired) electrons. The Morgan fingerprint density at radius 2 is 1.18 bits per heavy atom. The van der Waals surface area contributed by atoms with Crippen LogP contribution in [0, 0.1) is 0 Å². The first-order chi connectivity index (χ1) is 27.1. The first-order valence-corrected chi connectivity index (χ1v) is 18.2. The van der Waals surface area contributed by atoms with Gasteiger partial charge in [0.25, 0.3) is 5.91 Å². The van der Waals surface area contributed by atoms with E-state index >= 15 is 0 Å². The predicted octanol–water partition coefficient (Wildman–Crippen LogP) is -2.61. The molecule has 21 N–H and O–H groups in total. The standard InChI is InChI=1S/C36H54N16O5/c37-24(18-21-19-48-25-10-2-1-9-23(21)25)31(55)52-27(12-5-15-46-35(41)42)32(56)49-22-8-3-7-20(17-22)30(54)51-28(13-6-16-47-36(43)44)33(57)50-26(29(38)53)11-4-14-45-34(39)40/h1-3,7-10,17,19,24,26-28,48H,4-6,11-16,18,37H2,(H2,38,53)(H,49,56)(H,50,57)(H,51,54)(H,52,55)(H4,39,40,45)(H4,41,42,46)(H4,43,44,47). The Balaban J connectivity index is 1.73. The summed E-state index contributed by atoms with van der Waals surface area (Å²) in [5.41, 5.74) is 46.3. The van der Waals surface area contributed by atoms with Gasteiger partial charge in [0.2, 0.25) is 23.6 Å². The maximum Gasteiger partial charge on any atom is 0.252 e. The molecule has 2 aromatic carbocycles. The number of aromatic nitrogens is 1. The second-order valence-electron chi connectivity index (χ2n) is 13.1. The van der Waals surface area contributed by atoms with E-state index in [9.17, 15) is 24.0 Å². The van der Waals surface area contributed by atoms with Gasteiger partial charge in [0.05, 0.1) is 6.04 Å². The minimum Gasteiger partial charge on any atom is -0.370 e. The number of primary amides is 1.